The summed E-state index contributed by atoms with van der Waals surface area (Å²) in [4.78, 5) is 14.1. The number of carbonyl (C=O) groups excluding carboxylic acids is 1. The van der Waals surface area contributed by atoms with E-state index in [1.807, 2.05) is 54.6 Å². The normalized spacial score (nSPS) is 10.4. The molecule has 3 aromatic rings. The van der Waals surface area contributed by atoms with Crippen molar-refractivity contribution in [1.82, 2.24) is 0 Å². The van der Waals surface area contributed by atoms with Crippen LogP contribution in [0.2, 0.25) is 0 Å². The Morgan fingerprint density at radius 2 is 1.62 bits per heavy atom. The highest BCUT2D eigenvalue weighted by atomic mass is 32.2. The second kappa shape index (κ2) is 8.49. The Labute approximate surface area is 154 Å². The molecule has 0 spiro atoms. The van der Waals surface area contributed by atoms with Crippen molar-refractivity contribution in [3.8, 4) is 0 Å². The molecule has 0 aliphatic heterocycles. The van der Waals surface area contributed by atoms with E-state index in [4.69, 9.17) is 0 Å². The van der Waals surface area contributed by atoms with Crippen LogP contribution in [0.5, 0.6) is 0 Å². The Morgan fingerprint density at radius 1 is 0.885 bits per heavy atom. The van der Waals surface area contributed by atoms with Crippen LogP contribution >= 0.6 is 11.8 Å². The second-order valence-corrected chi connectivity index (χ2v) is 6.55. The summed E-state index contributed by atoms with van der Waals surface area (Å²) in [6.07, 6.45) is 0. The molecule has 0 aliphatic rings. The number of halogens is 2. The zero-order valence-corrected chi connectivity index (χ0v) is 14.5. The summed E-state index contributed by atoms with van der Waals surface area (Å²) in [6, 6.07) is 20.4. The number of carbonyl (C=O) groups is 1. The van der Waals surface area contributed by atoms with E-state index in [0.717, 1.165) is 33.7 Å². The summed E-state index contributed by atoms with van der Waals surface area (Å²) < 4.78 is 26.8. The average Bonchev–Trinajstić information content (AvgIpc) is 2.65. The fraction of sp³-hybridized carbons (Fsp3) is 0.0500. The molecule has 0 unspecified atom stereocenters. The van der Waals surface area contributed by atoms with Crippen molar-refractivity contribution in [3.63, 3.8) is 0 Å². The standard InChI is InChI=1S/C20H16F2N2OS/c21-14-10-11-16(22)18(12-14)24-20(25)13-23-17-8-4-5-9-19(17)26-15-6-2-1-3-7-15/h1-12,23H,13H2,(H,24,25). The summed E-state index contributed by atoms with van der Waals surface area (Å²) in [5.74, 6) is -1.76. The van der Waals surface area contributed by atoms with Crippen LogP contribution in [-0.4, -0.2) is 12.5 Å². The monoisotopic (exact) mass is 370 g/mol. The van der Waals surface area contributed by atoms with Gasteiger partial charge in [-0.05, 0) is 36.4 Å². The zero-order valence-electron chi connectivity index (χ0n) is 13.7. The van der Waals surface area contributed by atoms with Crippen LogP contribution in [0.15, 0.2) is 82.6 Å². The third-order valence-corrected chi connectivity index (χ3v) is 4.58. The zero-order chi connectivity index (χ0) is 18.4. The first-order chi connectivity index (χ1) is 12.6. The van der Waals surface area contributed by atoms with Crippen LogP contribution in [0.1, 0.15) is 0 Å². The molecule has 132 valence electrons. The maximum Gasteiger partial charge on any atom is 0.243 e. The van der Waals surface area contributed by atoms with E-state index in [-0.39, 0.29) is 12.2 Å². The van der Waals surface area contributed by atoms with E-state index in [2.05, 4.69) is 10.6 Å². The SMILES string of the molecule is O=C(CNc1ccccc1Sc1ccccc1)Nc1cc(F)ccc1F. The fourth-order valence-electron chi connectivity index (χ4n) is 2.28. The predicted octanol–water partition coefficient (Wildman–Crippen LogP) is 5.17. The van der Waals surface area contributed by atoms with Crippen molar-refractivity contribution < 1.29 is 13.6 Å². The van der Waals surface area contributed by atoms with Crippen LogP contribution in [0.25, 0.3) is 0 Å². The molecule has 0 aromatic heterocycles. The number of nitrogens with one attached hydrogen (secondary N) is 2. The van der Waals surface area contributed by atoms with Crippen molar-refractivity contribution in [2.24, 2.45) is 0 Å². The molecule has 0 saturated carbocycles. The second-order valence-electron chi connectivity index (χ2n) is 5.44. The summed E-state index contributed by atoms with van der Waals surface area (Å²) in [5.41, 5.74) is 0.611. The van der Waals surface area contributed by atoms with E-state index in [1.54, 1.807) is 11.8 Å². The third kappa shape index (κ3) is 4.83. The predicted molar refractivity (Wildman–Crippen MR) is 100 cm³/mol. The number of hydrogen-bond donors (Lipinski definition) is 2. The molecule has 0 bridgehead atoms. The summed E-state index contributed by atoms with van der Waals surface area (Å²) >= 11 is 1.57. The van der Waals surface area contributed by atoms with E-state index in [9.17, 15) is 13.6 Å². The highest BCUT2D eigenvalue weighted by Crippen LogP contribution is 2.33. The lowest BCUT2D eigenvalue weighted by Gasteiger charge is -2.12. The van der Waals surface area contributed by atoms with Gasteiger partial charge in [-0.1, -0.05) is 42.1 Å². The molecule has 0 heterocycles. The topological polar surface area (TPSA) is 41.1 Å². The van der Waals surface area contributed by atoms with Crippen LogP contribution < -0.4 is 10.6 Å². The Balaban J connectivity index is 1.64. The number of rotatable bonds is 6. The number of amides is 1. The molecule has 3 nitrogen and oxygen atoms in total. The minimum atomic E-state index is -0.681. The van der Waals surface area contributed by atoms with Gasteiger partial charge in [0, 0.05) is 21.5 Å². The molecule has 0 aliphatic carbocycles. The average molecular weight is 370 g/mol. The summed E-state index contributed by atoms with van der Waals surface area (Å²) in [5, 5.41) is 5.41. The molecule has 3 aromatic carbocycles. The van der Waals surface area contributed by atoms with Crippen molar-refractivity contribution >= 4 is 29.0 Å². The number of anilines is 2. The fourth-order valence-corrected chi connectivity index (χ4v) is 3.22. The van der Waals surface area contributed by atoms with E-state index < -0.39 is 17.5 Å². The summed E-state index contributed by atoms with van der Waals surface area (Å²) in [6.45, 7) is -0.0671. The number of para-hydroxylation sites is 1. The largest absolute Gasteiger partial charge is 0.375 e. The van der Waals surface area contributed by atoms with Gasteiger partial charge in [0.1, 0.15) is 11.6 Å². The molecule has 2 N–H and O–H groups in total. The van der Waals surface area contributed by atoms with Gasteiger partial charge >= 0.3 is 0 Å². The lowest BCUT2D eigenvalue weighted by Crippen LogP contribution is -2.22. The van der Waals surface area contributed by atoms with Crippen LogP contribution in [-0.2, 0) is 4.79 Å². The number of hydrogen-bond acceptors (Lipinski definition) is 3. The maximum absolute atomic E-state index is 13.6. The molecule has 0 fully saturated rings. The molecule has 0 atom stereocenters. The van der Waals surface area contributed by atoms with Gasteiger partial charge < -0.3 is 10.6 Å². The molecule has 3 rings (SSSR count). The smallest absolute Gasteiger partial charge is 0.243 e. The quantitative estimate of drug-likeness (QED) is 0.629. The Bertz CT molecular complexity index is 903. The Kier molecular flexibility index (Phi) is 5.86. The van der Waals surface area contributed by atoms with E-state index in [1.165, 1.54) is 0 Å². The molecule has 26 heavy (non-hydrogen) atoms. The van der Waals surface area contributed by atoms with Gasteiger partial charge in [-0.3, -0.25) is 4.79 Å². The maximum atomic E-state index is 13.6. The van der Waals surface area contributed by atoms with Crippen LogP contribution in [0.4, 0.5) is 20.2 Å². The Morgan fingerprint density at radius 3 is 2.42 bits per heavy atom. The highest BCUT2D eigenvalue weighted by Gasteiger charge is 2.10. The number of benzene rings is 3. The lowest BCUT2D eigenvalue weighted by molar-refractivity contribution is -0.114. The first-order valence-corrected chi connectivity index (χ1v) is 8.74. The molecule has 0 radical (unpaired) electrons. The summed E-state index contributed by atoms with van der Waals surface area (Å²) in [7, 11) is 0. The van der Waals surface area contributed by atoms with Gasteiger partial charge in [-0.2, -0.15) is 0 Å². The Hall–Kier alpha value is -2.86. The van der Waals surface area contributed by atoms with Crippen molar-refractivity contribution in [2.75, 3.05) is 17.2 Å². The van der Waals surface area contributed by atoms with Gasteiger partial charge in [-0.15, -0.1) is 0 Å². The van der Waals surface area contributed by atoms with Gasteiger partial charge in [0.25, 0.3) is 0 Å². The van der Waals surface area contributed by atoms with Gasteiger partial charge in [0.2, 0.25) is 5.91 Å². The van der Waals surface area contributed by atoms with Crippen molar-refractivity contribution in [1.29, 1.82) is 0 Å². The molecule has 6 heteroatoms. The molecular weight excluding hydrogens is 354 g/mol. The van der Waals surface area contributed by atoms with E-state index in [0.29, 0.717) is 0 Å². The first-order valence-electron chi connectivity index (χ1n) is 7.92. The minimum absolute atomic E-state index is 0.0671. The van der Waals surface area contributed by atoms with Gasteiger partial charge in [-0.25, -0.2) is 8.78 Å². The van der Waals surface area contributed by atoms with Crippen molar-refractivity contribution in [3.05, 3.63) is 84.4 Å². The van der Waals surface area contributed by atoms with E-state index >= 15 is 0 Å². The van der Waals surface area contributed by atoms with Crippen LogP contribution in [0, 0.1) is 11.6 Å². The first kappa shape index (κ1) is 17.9. The molecule has 0 saturated heterocycles. The van der Waals surface area contributed by atoms with Gasteiger partial charge in [0.05, 0.1) is 12.2 Å². The lowest BCUT2D eigenvalue weighted by atomic mass is 10.3. The van der Waals surface area contributed by atoms with Gasteiger partial charge in [0.15, 0.2) is 0 Å². The minimum Gasteiger partial charge on any atom is -0.375 e. The van der Waals surface area contributed by atoms with Crippen molar-refractivity contribution in [2.45, 2.75) is 9.79 Å². The molecular formula is C20H16F2N2OS. The third-order valence-electron chi connectivity index (χ3n) is 3.50. The highest BCUT2D eigenvalue weighted by molar-refractivity contribution is 7.99. The molecule has 1 amide bonds. The van der Waals surface area contributed by atoms with Crippen LogP contribution in [0.3, 0.4) is 0 Å².